The van der Waals surface area contributed by atoms with E-state index in [9.17, 15) is 4.79 Å². The van der Waals surface area contributed by atoms with Crippen molar-refractivity contribution >= 4 is 5.97 Å². The van der Waals surface area contributed by atoms with Gasteiger partial charge in [0.05, 0.1) is 13.2 Å². The average Bonchev–Trinajstić information content (AvgIpc) is 1.89. The molecule has 0 radical (unpaired) electrons. The highest BCUT2D eigenvalue weighted by Gasteiger charge is 1.99. The zero-order chi connectivity index (χ0) is 7.82. The van der Waals surface area contributed by atoms with E-state index in [4.69, 9.17) is 10.2 Å². The van der Waals surface area contributed by atoms with Gasteiger partial charge in [0.15, 0.2) is 6.79 Å². The third kappa shape index (κ3) is 5.49. The lowest BCUT2D eigenvalue weighted by atomic mass is 10.7. The van der Waals surface area contributed by atoms with Crippen molar-refractivity contribution in [3.63, 3.8) is 0 Å². The predicted octanol–water partition coefficient (Wildman–Crippen LogP) is -1.51. The Morgan fingerprint density at radius 3 is 2.60 bits per heavy atom. The van der Waals surface area contributed by atoms with E-state index in [2.05, 4.69) is 9.47 Å². The molecule has 0 amide bonds. The molecule has 0 fully saturated rings. The molecule has 0 saturated carbocycles. The van der Waals surface area contributed by atoms with Crippen molar-refractivity contribution in [1.82, 2.24) is 0 Å². The van der Waals surface area contributed by atoms with E-state index in [0.29, 0.717) is 0 Å². The van der Waals surface area contributed by atoms with Crippen molar-refractivity contribution in [2.75, 3.05) is 26.6 Å². The SMILES string of the molecule is O=C(COCCO)OCO. The Labute approximate surface area is 58.2 Å². The van der Waals surface area contributed by atoms with Crippen LogP contribution in [0.5, 0.6) is 0 Å². The van der Waals surface area contributed by atoms with E-state index in [1.165, 1.54) is 0 Å². The number of aliphatic hydroxyl groups is 2. The molecule has 0 bridgehead atoms. The van der Waals surface area contributed by atoms with Crippen molar-refractivity contribution in [2.24, 2.45) is 0 Å². The van der Waals surface area contributed by atoms with Gasteiger partial charge in [0.2, 0.25) is 0 Å². The van der Waals surface area contributed by atoms with E-state index < -0.39 is 12.8 Å². The normalized spacial score (nSPS) is 9.40. The molecule has 5 nitrogen and oxygen atoms in total. The van der Waals surface area contributed by atoms with Crippen LogP contribution in [0.4, 0.5) is 0 Å². The number of ether oxygens (including phenoxy) is 2. The highest BCUT2D eigenvalue weighted by atomic mass is 16.6. The van der Waals surface area contributed by atoms with Crippen molar-refractivity contribution in [1.29, 1.82) is 0 Å². The molecule has 2 N–H and O–H groups in total. The van der Waals surface area contributed by atoms with Crippen molar-refractivity contribution in [3.8, 4) is 0 Å². The van der Waals surface area contributed by atoms with Gasteiger partial charge in [0.25, 0.3) is 0 Å². The van der Waals surface area contributed by atoms with Crippen LogP contribution in [-0.2, 0) is 14.3 Å². The summed E-state index contributed by atoms with van der Waals surface area (Å²) < 4.78 is 8.66. The minimum Gasteiger partial charge on any atom is -0.437 e. The summed E-state index contributed by atoms with van der Waals surface area (Å²) in [6.45, 7) is -0.907. The zero-order valence-electron chi connectivity index (χ0n) is 5.45. The molecule has 0 saturated heterocycles. The molecule has 0 aliphatic heterocycles. The van der Waals surface area contributed by atoms with E-state index in [0.717, 1.165) is 0 Å². The second-order valence-electron chi connectivity index (χ2n) is 1.42. The first-order valence-corrected chi connectivity index (χ1v) is 2.76. The minimum atomic E-state index is -0.643. The van der Waals surface area contributed by atoms with Crippen LogP contribution >= 0.6 is 0 Å². The molecule has 0 aliphatic rings. The van der Waals surface area contributed by atoms with Crippen molar-refractivity contribution in [2.45, 2.75) is 0 Å². The van der Waals surface area contributed by atoms with Crippen LogP contribution in [0.3, 0.4) is 0 Å². The Balaban J connectivity index is 3.05. The van der Waals surface area contributed by atoms with Crippen LogP contribution in [-0.4, -0.2) is 42.8 Å². The van der Waals surface area contributed by atoms with Gasteiger partial charge in [0, 0.05) is 0 Å². The quantitative estimate of drug-likeness (QED) is 0.283. The molecule has 0 aromatic rings. The van der Waals surface area contributed by atoms with Crippen LogP contribution in [0, 0.1) is 0 Å². The summed E-state index contributed by atoms with van der Waals surface area (Å²) in [7, 11) is 0. The lowest BCUT2D eigenvalue weighted by molar-refractivity contribution is -0.157. The lowest BCUT2D eigenvalue weighted by Gasteiger charge is -2.00. The van der Waals surface area contributed by atoms with E-state index >= 15 is 0 Å². The van der Waals surface area contributed by atoms with Crippen LogP contribution in [0.25, 0.3) is 0 Å². The number of aliphatic hydroxyl groups excluding tert-OH is 2. The fraction of sp³-hybridized carbons (Fsp3) is 0.800. The average molecular weight is 150 g/mol. The third-order valence-corrected chi connectivity index (χ3v) is 0.681. The molecule has 0 rings (SSSR count). The van der Waals surface area contributed by atoms with Gasteiger partial charge in [-0.25, -0.2) is 4.79 Å². The van der Waals surface area contributed by atoms with Gasteiger partial charge >= 0.3 is 5.97 Å². The molecule has 0 atom stereocenters. The Hall–Kier alpha value is -0.650. The molecule has 5 heteroatoms. The lowest BCUT2D eigenvalue weighted by Crippen LogP contribution is -2.14. The van der Waals surface area contributed by atoms with Crippen LogP contribution in [0.1, 0.15) is 0 Å². The van der Waals surface area contributed by atoms with Crippen molar-refractivity contribution in [3.05, 3.63) is 0 Å². The zero-order valence-corrected chi connectivity index (χ0v) is 5.45. The summed E-state index contributed by atoms with van der Waals surface area (Å²) in [5.41, 5.74) is 0. The number of carbonyl (C=O) groups excluding carboxylic acids is 1. The predicted molar refractivity (Wildman–Crippen MR) is 31.1 cm³/mol. The molecule has 0 spiro atoms. The van der Waals surface area contributed by atoms with E-state index in [1.807, 2.05) is 0 Å². The van der Waals surface area contributed by atoms with Gasteiger partial charge in [-0.05, 0) is 0 Å². The van der Waals surface area contributed by atoms with Gasteiger partial charge in [-0.2, -0.15) is 0 Å². The van der Waals surface area contributed by atoms with E-state index in [-0.39, 0.29) is 19.8 Å². The monoisotopic (exact) mass is 150 g/mol. The second kappa shape index (κ2) is 6.47. The summed E-state index contributed by atoms with van der Waals surface area (Å²) in [5.74, 6) is -0.643. The summed E-state index contributed by atoms with van der Waals surface area (Å²) >= 11 is 0. The highest BCUT2D eigenvalue weighted by Crippen LogP contribution is 1.78. The summed E-state index contributed by atoms with van der Waals surface area (Å²) in [6.07, 6.45) is 0. The number of carbonyl (C=O) groups is 1. The first-order valence-electron chi connectivity index (χ1n) is 2.76. The first kappa shape index (κ1) is 9.35. The van der Waals surface area contributed by atoms with Gasteiger partial charge in [-0.3, -0.25) is 0 Å². The topological polar surface area (TPSA) is 76.0 Å². The van der Waals surface area contributed by atoms with Crippen molar-refractivity contribution < 1.29 is 24.5 Å². The molecule has 60 valence electrons. The molecule has 0 aromatic heterocycles. The fourth-order valence-electron chi connectivity index (χ4n) is 0.334. The summed E-state index contributed by atoms with van der Waals surface area (Å²) in [6, 6.07) is 0. The number of hydrogen-bond acceptors (Lipinski definition) is 5. The standard InChI is InChI=1S/C5H10O5/c6-1-2-9-3-5(8)10-4-7/h6-7H,1-4H2. The van der Waals surface area contributed by atoms with Gasteiger partial charge < -0.3 is 19.7 Å². The molecule has 0 unspecified atom stereocenters. The summed E-state index contributed by atoms with van der Waals surface area (Å²) in [4.78, 5) is 10.3. The van der Waals surface area contributed by atoms with E-state index in [1.54, 1.807) is 0 Å². The molecular formula is C5H10O5. The molecule has 10 heavy (non-hydrogen) atoms. The molecule has 0 aromatic carbocycles. The Morgan fingerprint density at radius 1 is 1.40 bits per heavy atom. The Kier molecular flexibility index (Phi) is 6.05. The molecule has 0 aliphatic carbocycles. The van der Waals surface area contributed by atoms with Gasteiger partial charge in [-0.1, -0.05) is 0 Å². The molecular weight excluding hydrogens is 140 g/mol. The molecule has 0 heterocycles. The van der Waals surface area contributed by atoms with Gasteiger partial charge in [0.1, 0.15) is 6.61 Å². The Bertz CT molecular complexity index is 92.0. The number of esters is 1. The van der Waals surface area contributed by atoms with Gasteiger partial charge in [-0.15, -0.1) is 0 Å². The third-order valence-electron chi connectivity index (χ3n) is 0.681. The highest BCUT2D eigenvalue weighted by molar-refractivity contribution is 5.70. The van der Waals surface area contributed by atoms with Crippen LogP contribution < -0.4 is 0 Å². The second-order valence-corrected chi connectivity index (χ2v) is 1.42. The largest absolute Gasteiger partial charge is 0.437 e. The minimum absolute atomic E-state index is 0.0977. The summed E-state index contributed by atoms with van der Waals surface area (Å²) in [5, 5.41) is 16.2. The fourth-order valence-corrected chi connectivity index (χ4v) is 0.334. The maximum absolute atomic E-state index is 10.3. The number of rotatable bonds is 5. The smallest absolute Gasteiger partial charge is 0.334 e. The maximum atomic E-state index is 10.3. The van der Waals surface area contributed by atoms with Crippen LogP contribution in [0.2, 0.25) is 0 Å². The van der Waals surface area contributed by atoms with Crippen LogP contribution in [0.15, 0.2) is 0 Å². The Morgan fingerprint density at radius 2 is 2.10 bits per heavy atom. The maximum Gasteiger partial charge on any atom is 0.334 e. The number of hydrogen-bond donors (Lipinski definition) is 2. The first-order chi connectivity index (χ1) is 4.81.